The third-order valence-corrected chi connectivity index (χ3v) is 3.49. The lowest BCUT2D eigenvalue weighted by atomic mass is 10.3. The van der Waals surface area contributed by atoms with Gasteiger partial charge >= 0.3 is 0 Å². The fourth-order valence-corrected chi connectivity index (χ4v) is 2.34. The van der Waals surface area contributed by atoms with Crippen molar-refractivity contribution in [2.45, 2.75) is 27.3 Å². The highest BCUT2D eigenvalue weighted by Gasteiger charge is 2.14. The standard InChI is InChI=1S/C13H18N4OS/c1-4-16(5-2)11(18)8-17-12-10(15-13(17)19)7-6-9(3)14-12/h6-7H,4-5,8H2,1-3H3,(H,15,19). The van der Waals surface area contributed by atoms with Crippen molar-refractivity contribution in [3.63, 3.8) is 0 Å². The molecule has 2 rings (SSSR count). The minimum Gasteiger partial charge on any atom is -0.342 e. The van der Waals surface area contributed by atoms with Crippen LogP contribution in [0, 0.1) is 11.7 Å². The molecule has 0 saturated heterocycles. The van der Waals surface area contributed by atoms with Gasteiger partial charge in [0.2, 0.25) is 5.91 Å². The Morgan fingerprint density at radius 3 is 2.74 bits per heavy atom. The van der Waals surface area contributed by atoms with E-state index in [-0.39, 0.29) is 12.5 Å². The number of pyridine rings is 1. The van der Waals surface area contributed by atoms with Gasteiger partial charge in [0, 0.05) is 18.8 Å². The van der Waals surface area contributed by atoms with Crippen molar-refractivity contribution in [1.29, 1.82) is 0 Å². The number of nitrogens with zero attached hydrogens (tertiary/aromatic N) is 3. The first-order chi connectivity index (χ1) is 9.06. The lowest BCUT2D eigenvalue weighted by Gasteiger charge is -2.18. The van der Waals surface area contributed by atoms with Crippen LogP contribution in [0.4, 0.5) is 0 Å². The van der Waals surface area contributed by atoms with Crippen LogP contribution in [0.3, 0.4) is 0 Å². The highest BCUT2D eigenvalue weighted by Crippen LogP contribution is 2.12. The molecule has 0 bridgehead atoms. The van der Waals surface area contributed by atoms with Crippen LogP contribution in [0.1, 0.15) is 19.5 Å². The second-order valence-corrected chi connectivity index (χ2v) is 4.79. The van der Waals surface area contributed by atoms with Crippen LogP contribution < -0.4 is 0 Å². The van der Waals surface area contributed by atoms with Crippen molar-refractivity contribution in [3.8, 4) is 0 Å². The molecule has 0 fully saturated rings. The van der Waals surface area contributed by atoms with Gasteiger partial charge in [0.15, 0.2) is 10.4 Å². The van der Waals surface area contributed by atoms with Gasteiger partial charge in [-0.1, -0.05) is 0 Å². The van der Waals surface area contributed by atoms with Crippen LogP contribution >= 0.6 is 12.2 Å². The maximum Gasteiger partial charge on any atom is 0.242 e. The number of likely N-dealkylation sites (N-methyl/N-ethyl adjacent to an activating group) is 1. The number of carbonyl (C=O) groups is 1. The molecule has 2 heterocycles. The summed E-state index contributed by atoms with van der Waals surface area (Å²) in [5, 5.41) is 0. The van der Waals surface area contributed by atoms with Crippen molar-refractivity contribution in [3.05, 3.63) is 22.6 Å². The van der Waals surface area contributed by atoms with Crippen LogP contribution in [-0.2, 0) is 11.3 Å². The molecular weight excluding hydrogens is 260 g/mol. The van der Waals surface area contributed by atoms with Crippen LogP contribution in [0.15, 0.2) is 12.1 Å². The van der Waals surface area contributed by atoms with Gasteiger partial charge in [0.1, 0.15) is 6.54 Å². The lowest BCUT2D eigenvalue weighted by Crippen LogP contribution is -2.33. The molecule has 6 heteroatoms. The van der Waals surface area contributed by atoms with Gasteiger partial charge < -0.3 is 9.88 Å². The van der Waals surface area contributed by atoms with Gasteiger partial charge in [-0.25, -0.2) is 4.98 Å². The molecule has 0 spiro atoms. The van der Waals surface area contributed by atoms with Crippen molar-refractivity contribution in [2.24, 2.45) is 0 Å². The van der Waals surface area contributed by atoms with E-state index in [2.05, 4.69) is 9.97 Å². The van der Waals surface area contributed by atoms with Crippen molar-refractivity contribution in [2.75, 3.05) is 13.1 Å². The molecule has 0 saturated carbocycles. The van der Waals surface area contributed by atoms with Gasteiger partial charge in [-0.3, -0.25) is 9.36 Å². The largest absolute Gasteiger partial charge is 0.342 e. The summed E-state index contributed by atoms with van der Waals surface area (Å²) in [5.41, 5.74) is 2.51. The molecule has 1 amide bonds. The van der Waals surface area contributed by atoms with E-state index in [4.69, 9.17) is 12.2 Å². The first-order valence-electron chi connectivity index (χ1n) is 6.40. The van der Waals surface area contributed by atoms with E-state index >= 15 is 0 Å². The first-order valence-corrected chi connectivity index (χ1v) is 6.81. The zero-order valence-corrected chi connectivity index (χ0v) is 12.3. The predicted octanol–water partition coefficient (Wildman–Crippen LogP) is 2.27. The van der Waals surface area contributed by atoms with E-state index in [9.17, 15) is 4.79 Å². The summed E-state index contributed by atoms with van der Waals surface area (Å²) in [7, 11) is 0. The van der Waals surface area contributed by atoms with Crippen molar-refractivity contribution in [1.82, 2.24) is 19.4 Å². The van der Waals surface area contributed by atoms with Gasteiger partial charge in [-0.2, -0.15) is 0 Å². The van der Waals surface area contributed by atoms with E-state index < -0.39 is 0 Å². The summed E-state index contributed by atoms with van der Waals surface area (Å²) in [6.07, 6.45) is 0. The molecule has 2 aromatic heterocycles. The monoisotopic (exact) mass is 278 g/mol. The first kappa shape index (κ1) is 13.7. The van der Waals surface area contributed by atoms with Crippen LogP contribution in [0.5, 0.6) is 0 Å². The fourth-order valence-electron chi connectivity index (χ4n) is 2.08. The third kappa shape index (κ3) is 2.68. The number of aryl methyl sites for hydroxylation is 1. The van der Waals surface area contributed by atoms with Crippen molar-refractivity contribution < 1.29 is 4.79 Å². The summed E-state index contributed by atoms with van der Waals surface area (Å²) >= 11 is 5.27. The average Bonchev–Trinajstić information content (AvgIpc) is 2.67. The van der Waals surface area contributed by atoms with Crippen LogP contribution in [-0.4, -0.2) is 38.4 Å². The minimum atomic E-state index is 0.0605. The molecule has 0 aromatic carbocycles. The lowest BCUT2D eigenvalue weighted by molar-refractivity contribution is -0.131. The summed E-state index contributed by atoms with van der Waals surface area (Å²) in [6, 6.07) is 3.86. The zero-order valence-electron chi connectivity index (χ0n) is 11.4. The maximum atomic E-state index is 12.2. The average molecular weight is 278 g/mol. The molecule has 0 aliphatic carbocycles. The Bertz CT molecular complexity index is 654. The highest BCUT2D eigenvalue weighted by molar-refractivity contribution is 7.71. The normalized spacial score (nSPS) is 10.9. The van der Waals surface area contributed by atoms with Gasteiger partial charge in [0.25, 0.3) is 0 Å². The Balaban J connectivity index is 2.40. The number of aromatic nitrogens is 3. The maximum absolute atomic E-state index is 12.2. The molecule has 0 atom stereocenters. The molecule has 19 heavy (non-hydrogen) atoms. The number of rotatable bonds is 4. The number of H-pyrrole nitrogens is 1. The number of imidazole rings is 1. The summed E-state index contributed by atoms with van der Waals surface area (Å²) in [5.74, 6) is 0.0605. The van der Waals surface area contributed by atoms with E-state index in [1.54, 1.807) is 9.47 Å². The Morgan fingerprint density at radius 1 is 1.42 bits per heavy atom. The molecule has 0 aliphatic heterocycles. The number of carbonyl (C=O) groups excluding carboxylic acids is 1. The van der Waals surface area contributed by atoms with Crippen LogP contribution in [0.2, 0.25) is 0 Å². The van der Waals surface area contributed by atoms with E-state index in [0.29, 0.717) is 17.9 Å². The summed E-state index contributed by atoms with van der Waals surface area (Å²) in [6.45, 7) is 7.51. The number of aromatic amines is 1. The highest BCUT2D eigenvalue weighted by atomic mass is 32.1. The van der Waals surface area contributed by atoms with E-state index in [1.165, 1.54) is 0 Å². The molecule has 5 nitrogen and oxygen atoms in total. The Hall–Kier alpha value is -1.69. The molecule has 0 radical (unpaired) electrons. The smallest absolute Gasteiger partial charge is 0.242 e. The number of hydrogen-bond donors (Lipinski definition) is 1. The number of amides is 1. The molecule has 102 valence electrons. The number of fused-ring (bicyclic) bond motifs is 1. The SMILES string of the molecule is CCN(CC)C(=O)Cn1c(=S)[nH]c2ccc(C)nc21. The topological polar surface area (TPSA) is 53.9 Å². The van der Waals surface area contributed by atoms with Gasteiger partial charge in [-0.05, 0) is 45.1 Å². The van der Waals surface area contributed by atoms with Gasteiger partial charge in [-0.15, -0.1) is 0 Å². The van der Waals surface area contributed by atoms with E-state index in [1.807, 2.05) is 32.9 Å². The van der Waals surface area contributed by atoms with Crippen LogP contribution in [0.25, 0.3) is 11.2 Å². The molecule has 2 aromatic rings. The van der Waals surface area contributed by atoms with E-state index in [0.717, 1.165) is 16.9 Å². The zero-order chi connectivity index (χ0) is 14.0. The number of hydrogen-bond acceptors (Lipinski definition) is 3. The molecule has 1 N–H and O–H groups in total. The second-order valence-electron chi connectivity index (χ2n) is 4.41. The Labute approximate surface area is 117 Å². The Kier molecular flexibility index (Phi) is 3.99. The molecule has 0 aliphatic rings. The summed E-state index contributed by atoms with van der Waals surface area (Å²) in [4.78, 5) is 21.5. The minimum absolute atomic E-state index is 0.0605. The molecular formula is C13H18N4OS. The predicted molar refractivity (Wildman–Crippen MR) is 77.6 cm³/mol. The second kappa shape index (κ2) is 5.52. The number of nitrogens with one attached hydrogen (secondary N) is 1. The molecule has 0 unspecified atom stereocenters. The Morgan fingerprint density at radius 2 is 2.11 bits per heavy atom. The summed E-state index contributed by atoms with van der Waals surface area (Å²) < 4.78 is 2.30. The van der Waals surface area contributed by atoms with Crippen molar-refractivity contribution >= 4 is 29.3 Å². The van der Waals surface area contributed by atoms with Gasteiger partial charge in [0.05, 0.1) is 5.52 Å². The fraction of sp³-hybridized carbons (Fsp3) is 0.462. The third-order valence-electron chi connectivity index (χ3n) is 3.17. The quantitative estimate of drug-likeness (QED) is 0.873.